The van der Waals surface area contributed by atoms with Gasteiger partial charge in [0.1, 0.15) is 0 Å². The van der Waals surface area contributed by atoms with E-state index in [1.165, 1.54) is 38.5 Å². The molecule has 0 unspecified atom stereocenters. The SMILES string of the molecule is CN(c1c(Cl)cccc1C=O)C1CCCCCC1. The first kappa shape index (κ1) is 13.4. The molecule has 0 heterocycles. The van der Waals surface area contributed by atoms with Crippen LogP contribution in [0.2, 0.25) is 5.02 Å². The van der Waals surface area contributed by atoms with Crippen molar-refractivity contribution in [3.05, 3.63) is 28.8 Å². The number of nitrogens with zero attached hydrogens (tertiary/aromatic N) is 1. The van der Waals surface area contributed by atoms with Crippen LogP contribution in [0.25, 0.3) is 0 Å². The van der Waals surface area contributed by atoms with Gasteiger partial charge in [0.2, 0.25) is 0 Å². The monoisotopic (exact) mass is 265 g/mol. The Balaban J connectivity index is 2.26. The van der Waals surface area contributed by atoms with Crippen LogP contribution in [0, 0.1) is 0 Å². The molecule has 0 atom stereocenters. The molecule has 18 heavy (non-hydrogen) atoms. The molecular weight excluding hydrogens is 246 g/mol. The first-order valence-corrected chi connectivity index (χ1v) is 7.08. The van der Waals surface area contributed by atoms with Gasteiger partial charge in [-0.05, 0) is 25.0 Å². The number of aldehydes is 1. The first-order chi connectivity index (χ1) is 8.74. The lowest BCUT2D eigenvalue weighted by atomic mass is 10.1. The number of halogens is 1. The number of anilines is 1. The molecule has 0 amide bonds. The molecule has 1 fully saturated rings. The third-order valence-electron chi connectivity index (χ3n) is 3.87. The highest BCUT2D eigenvalue weighted by Gasteiger charge is 2.20. The summed E-state index contributed by atoms with van der Waals surface area (Å²) in [5.74, 6) is 0. The Morgan fingerprint density at radius 3 is 2.50 bits per heavy atom. The van der Waals surface area contributed by atoms with E-state index in [2.05, 4.69) is 11.9 Å². The van der Waals surface area contributed by atoms with Gasteiger partial charge < -0.3 is 4.90 Å². The maximum absolute atomic E-state index is 11.1. The van der Waals surface area contributed by atoms with Crippen molar-refractivity contribution in [1.29, 1.82) is 0 Å². The molecule has 0 spiro atoms. The third-order valence-corrected chi connectivity index (χ3v) is 4.18. The average Bonchev–Trinajstić information content (AvgIpc) is 2.66. The molecule has 1 aliphatic carbocycles. The molecule has 1 saturated carbocycles. The lowest BCUT2D eigenvalue weighted by Crippen LogP contribution is -2.32. The predicted octanol–water partition coefficient (Wildman–Crippen LogP) is 4.31. The Bertz CT molecular complexity index is 411. The first-order valence-electron chi connectivity index (χ1n) is 6.70. The molecule has 0 aromatic heterocycles. The van der Waals surface area contributed by atoms with Gasteiger partial charge in [-0.2, -0.15) is 0 Å². The standard InChI is InChI=1S/C15H20ClNO/c1-17(13-8-4-2-3-5-9-13)15-12(11-18)7-6-10-14(15)16/h6-7,10-11,13H,2-5,8-9H2,1H3. The van der Waals surface area contributed by atoms with Crippen LogP contribution in [0.1, 0.15) is 48.9 Å². The quantitative estimate of drug-likeness (QED) is 0.600. The van der Waals surface area contributed by atoms with Gasteiger partial charge in [0.25, 0.3) is 0 Å². The molecule has 1 aromatic rings. The zero-order valence-corrected chi connectivity index (χ0v) is 11.6. The summed E-state index contributed by atoms with van der Waals surface area (Å²) in [6.07, 6.45) is 8.49. The van der Waals surface area contributed by atoms with Crippen LogP contribution in [0.15, 0.2) is 18.2 Å². The van der Waals surface area contributed by atoms with E-state index >= 15 is 0 Å². The maximum Gasteiger partial charge on any atom is 0.152 e. The lowest BCUT2D eigenvalue weighted by Gasteiger charge is -2.31. The fraction of sp³-hybridized carbons (Fsp3) is 0.533. The van der Waals surface area contributed by atoms with E-state index in [0.717, 1.165) is 12.0 Å². The molecule has 3 heteroatoms. The second-order valence-corrected chi connectivity index (χ2v) is 5.46. The molecule has 2 rings (SSSR count). The zero-order valence-electron chi connectivity index (χ0n) is 10.9. The number of hydrogen-bond acceptors (Lipinski definition) is 2. The van der Waals surface area contributed by atoms with Crippen LogP contribution < -0.4 is 4.90 Å². The van der Waals surface area contributed by atoms with Crippen molar-refractivity contribution in [3.8, 4) is 0 Å². The highest BCUT2D eigenvalue weighted by atomic mass is 35.5. The Labute approximate surface area is 114 Å². The second-order valence-electron chi connectivity index (χ2n) is 5.05. The largest absolute Gasteiger partial charge is 0.370 e. The molecule has 0 bridgehead atoms. The van der Waals surface area contributed by atoms with Crippen molar-refractivity contribution in [1.82, 2.24) is 0 Å². The maximum atomic E-state index is 11.1. The Kier molecular flexibility index (Phi) is 4.65. The van der Waals surface area contributed by atoms with Gasteiger partial charge in [-0.25, -0.2) is 0 Å². The van der Waals surface area contributed by atoms with Gasteiger partial charge in [-0.1, -0.05) is 43.4 Å². The van der Waals surface area contributed by atoms with Gasteiger partial charge in [-0.3, -0.25) is 4.79 Å². The zero-order chi connectivity index (χ0) is 13.0. The van der Waals surface area contributed by atoms with E-state index in [0.29, 0.717) is 16.6 Å². The number of hydrogen-bond donors (Lipinski definition) is 0. The minimum atomic E-state index is 0.506. The second kappa shape index (κ2) is 6.24. The minimum Gasteiger partial charge on any atom is -0.370 e. The van der Waals surface area contributed by atoms with Crippen molar-refractivity contribution in [2.24, 2.45) is 0 Å². The Morgan fingerprint density at radius 2 is 1.89 bits per heavy atom. The van der Waals surface area contributed by atoms with E-state index in [1.807, 2.05) is 18.2 Å². The predicted molar refractivity (Wildman–Crippen MR) is 76.7 cm³/mol. The fourth-order valence-corrected chi connectivity index (χ4v) is 3.14. The number of para-hydroxylation sites is 1. The lowest BCUT2D eigenvalue weighted by molar-refractivity contribution is 0.112. The van der Waals surface area contributed by atoms with Crippen LogP contribution in [-0.2, 0) is 0 Å². The van der Waals surface area contributed by atoms with E-state index in [-0.39, 0.29) is 0 Å². The summed E-state index contributed by atoms with van der Waals surface area (Å²) in [5, 5.41) is 0.673. The summed E-state index contributed by atoms with van der Waals surface area (Å²) in [6, 6.07) is 6.03. The Morgan fingerprint density at radius 1 is 1.22 bits per heavy atom. The summed E-state index contributed by atoms with van der Waals surface area (Å²) >= 11 is 6.26. The minimum absolute atomic E-state index is 0.506. The fourth-order valence-electron chi connectivity index (χ4n) is 2.83. The van der Waals surface area contributed by atoms with E-state index in [4.69, 9.17) is 11.6 Å². The van der Waals surface area contributed by atoms with Gasteiger partial charge >= 0.3 is 0 Å². The number of benzene rings is 1. The van der Waals surface area contributed by atoms with Gasteiger partial charge in [0, 0.05) is 18.7 Å². The van der Waals surface area contributed by atoms with Gasteiger partial charge in [0.05, 0.1) is 10.7 Å². The average molecular weight is 266 g/mol. The third kappa shape index (κ3) is 2.86. The summed E-state index contributed by atoms with van der Waals surface area (Å²) in [4.78, 5) is 13.4. The summed E-state index contributed by atoms with van der Waals surface area (Å²) in [7, 11) is 2.06. The van der Waals surface area contributed by atoms with Crippen molar-refractivity contribution >= 4 is 23.6 Å². The molecule has 0 radical (unpaired) electrons. The molecule has 0 N–H and O–H groups in total. The van der Waals surface area contributed by atoms with Crippen LogP contribution in [0.3, 0.4) is 0 Å². The molecular formula is C15H20ClNO. The van der Waals surface area contributed by atoms with Crippen molar-refractivity contribution in [2.75, 3.05) is 11.9 Å². The number of carbonyl (C=O) groups is 1. The molecule has 0 aliphatic heterocycles. The summed E-state index contributed by atoms with van der Waals surface area (Å²) in [6.45, 7) is 0. The molecule has 1 aliphatic rings. The normalized spacial score (nSPS) is 17.2. The van der Waals surface area contributed by atoms with Crippen LogP contribution >= 0.6 is 11.6 Å². The van der Waals surface area contributed by atoms with Crippen LogP contribution in [0.5, 0.6) is 0 Å². The summed E-state index contributed by atoms with van der Waals surface area (Å²) < 4.78 is 0. The van der Waals surface area contributed by atoms with Crippen LogP contribution in [-0.4, -0.2) is 19.4 Å². The highest BCUT2D eigenvalue weighted by Crippen LogP contribution is 2.32. The van der Waals surface area contributed by atoms with E-state index in [1.54, 1.807) is 0 Å². The molecule has 1 aromatic carbocycles. The van der Waals surface area contributed by atoms with Gasteiger partial charge in [0.15, 0.2) is 6.29 Å². The molecule has 0 saturated heterocycles. The van der Waals surface area contributed by atoms with Gasteiger partial charge in [-0.15, -0.1) is 0 Å². The van der Waals surface area contributed by atoms with Crippen molar-refractivity contribution in [2.45, 2.75) is 44.6 Å². The van der Waals surface area contributed by atoms with E-state index in [9.17, 15) is 4.79 Å². The topological polar surface area (TPSA) is 20.3 Å². The molecule has 98 valence electrons. The summed E-state index contributed by atoms with van der Waals surface area (Å²) in [5.41, 5.74) is 1.58. The molecule has 2 nitrogen and oxygen atoms in total. The van der Waals surface area contributed by atoms with Crippen LogP contribution in [0.4, 0.5) is 5.69 Å². The van der Waals surface area contributed by atoms with E-state index < -0.39 is 0 Å². The Hall–Kier alpha value is -1.02. The van der Waals surface area contributed by atoms with Crippen molar-refractivity contribution < 1.29 is 4.79 Å². The van der Waals surface area contributed by atoms with Crippen molar-refractivity contribution in [3.63, 3.8) is 0 Å². The smallest absolute Gasteiger partial charge is 0.152 e. The number of carbonyl (C=O) groups excluding carboxylic acids is 1. The highest BCUT2D eigenvalue weighted by molar-refractivity contribution is 6.33. The number of rotatable bonds is 3.